The number of nitrogens with one attached hydrogen (secondary N) is 1. The number of halogens is 1. The maximum atomic E-state index is 12.7. The largest absolute Gasteiger partial charge is 0.376 e. The van der Waals surface area contributed by atoms with Gasteiger partial charge in [0.25, 0.3) is 5.91 Å². The smallest absolute Gasteiger partial charge is 0.252 e. The van der Waals surface area contributed by atoms with Crippen molar-refractivity contribution in [1.29, 1.82) is 0 Å². The van der Waals surface area contributed by atoms with Gasteiger partial charge in [-0.1, -0.05) is 60.1 Å². The van der Waals surface area contributed by atoms with Crippen LogP contribution in [0.15, 0.2) is 54.6 Å². The molecule has 1 heterocycles. The molecule has 0 aliphatic carbocycles. The summed E-state index contributed by atoms with van der Waals surface area (Å²) < 4.78 is 5.57. The number of rotatable bonds is 5. The van der Waals surface area contributed by atoms with E-state index in [1.807, 2.05) is 60.7 Å². The second kappa shape index (κ2) is 8.13. The van der Waals surface area contributed by atoms with Crippen LogP contribution in [0.1, 0.15) is 24.0 Å². The number of carbonyl (C=O) groups excluding carboxylic acids is 1. The van der Waals surface area contributed by atoms with Gasteiger partial charge in [-0.15, -0.1) is 0 Å². The van der Waals surface area contributed by atoms with E-state index in [-0.39, 0.29) is 12.0 Å². The van der Waals surface area contributed by atoms with Crippen LogP contribution in [0.5, 0.6) is 0 Å². The topological polar surface area (TPSA) is 38.3 Å². The van der Waals surface area contributed by atoms with Gasteiger partial charge in [-0.2, -0.15) is 0 Å². The molecule has 1 amide bonds. The number of amides is 1. The van der Waals surface area contributed by atoms with Gasteiger partial charge < -0.3 is 10.1 Å². The summed E-state index contributed by atoms with van der Waals surface area (Å²) in [4.78, 5) is 12.7. The van der Waals surface area contributed by atoms with Gasteiger partial charge >= 0.3 is 0 Å². The van der Waals surface area contributed by atoms with Gasteiger partial charge in [0.1, 0.15) is 0 Å². The molecule has 1 aliphatic rings. The summed E-state index contributed by atoms with van der Waals surface area (Å²) in [5, 5.41) is 3.61. The van der Waals surface area contributed by atoms with E-state index in [2.05, 4.69) is 5.32 Å². The minimum Gasteiger partial charge on any atom is -0.376 e. The van der Waals surface area contributed by atoms with Crippen molar-refractivity contribution in [2.75, 3.05) is 13.2 Å². The highest BCUT2D eigenvalue weighted by Crippen LogP contribution is 2.23. The van der Waals surface area contributed by atoms with E-state index >= 15 is 0 Å². The van der Waals surface area contributed by atoms with Gasteiger partial charge in [0.05, 0.1) is 6.10 Å². The molecule has 1 fully saturated rings. The first-order valence-electron chi connectivity index (χ1n) is 8.15. The summed E-state index contributed by atoms with van der Waals surface area (Å²) in [6.45, 7) is 1.31. The third-order valence-electron chi connectivity index (χ3n) is 4.05. The summed E-state index contributed by atoms with van der Waals surface area (Å²) in [7, 11) is 0. The normalized spacial score (nSPS) is 17.7. The molecular formula is C20H20ClNO2. The summed E-state index contributed by atoms with van der Waals surface area (Å²) in [5.41, 5.74) is 2.29. The van der Waals surface area contributed by atoms with Crippen molar-refractivity contribution in [2.24, 2.45) is 0 Å². The Morgan fingerprint density at radius 2 is 1.92 bits per heavy atom. The third kappa shape index (κ3) is 4.25. The average molecular weight is 342 g/mol. The predicted octanol–water partition coefficient (Wildman–Crippen LogP) is 4.18. The monoisotopic (exact) mass is 341 g/mol. The van der Waals surface area contributed by atoms with Crippen LogP contribution in [0.3, 0.4) is 0 Å². The maximum absolute atomic E-state index is 12.7. The zero-order valence-corrected chi connectivity index (χ0v) is 14.1. The average Bonchev–Trinajstić information content (AvgIpc) is 3.13. The number of benzene rings is 2. The molecule has 24 heavy (non-hydrogen) atoms. The number of carbonyl (C=O) groups is 1. The molecule has 3 rings (SSSR count). The zero-order chi connectivity index (χ0) is 16.8. The van der Waals surface area contributed by atoms with Crippen molar-refractivity contribution >= 4 is 29.2 Å². The predicted molar refractivity (Wildman–Crippen MR) is 97.7 cm³/mol. The van der Waals surface area contributed by atoms with Crippen LogP contribution in [0.2, 0.25) is 5.02 Å². The van der Waals surface area contributed by atoms with E-state index in [0.717, 1.165) is 30.6 Å². The minimum atomic E-state index is -0.114. The minimum absolute atomic E-state index is 0.114. The van der Waals surface area contributed by atoms with Crippen LogP contribution in [0.25, 0.3) is 11.6 Å². The Morgan fingerprint density at radius 3 is 2.62 bits per heavy atom. The van der Waals surface area contributed by atoms with Crippen molar-refractivity contribution in [3.8, 4) is 0 Å². The van der Waals surface area contributed by atoms with Gasteiger partial charge in [0, 0.05) is 23.7 Å². The van der Waals surface area contributed by atoms with E-state index in [1.54, 1.807) is 0 Å². The second-order valence-electron chi connectivity index (χ2n) is 5.79. The molecule has 2 aromatic rings. The molecule has 1 saturated heterocycles. The van der Waals surface area contributed by atoms with Crippen LogP contribution < -0.4 is 5.32 Å². The van der Waals surface area contributed by atoms with Crippen LogP contribution in [-0.2, 0) is 9.53 Å². The van der Waals surface area contributed by atoms with Crippen LogP contribution in [0.4, 0.5) is 0 Å². The molecule has 1 N–H and O–H groups in total. The Hall–Kier alpha value is -2.10. The van der Waals surface area contributed by atoms with Crippen molar-refractivity contribution in [3.05, 3.63) is 70.7 Å². The van der Waals surface area contributed by atoms with Gasteiger partial charge in [0.15, 0.2) is 0 Å². The Bertz CT molecular complexity index is 721. The highest BCUT2D eigenvalue weighted by Gasteiger charge is 2.18. The fraction of sp³-hybridized carbons (Fsp3) is 0.250. The fourth-order valence-corrected chi connectivity index (χ4v) is 2.94. The highest BCUT2D eigenvalue weighted by molar-refractivity contribution is 6.33. The van der Waals surface area contributed by atoms with E-state index in [0.29, 0.717) is 17.1 Å². The van der Waals surface area contributed by atoms with E-state index in [1.165, 1.54) is 0 Å². The molecule has 1 atom stereocenters. The van der Waals surface area contributed by atoms with E-state index < -0.39 is 0 Å². The Labute approximate surface area is 147 Å². The summed E-state index contributed by atoms with van der Waals surface area (Å²) in [5.74, 6) is -0.114. The van der Waals surface area contributed by atoms with Crippen molar-refractivity contribution in [1.82, 2.24) is 5.32 Å². The molecule has 1 aliphatic heterocycles. The molecule has 0 radical (unpaired) electrons. The molecule has 4 heteroatoms. The third-order valence-corrected chi connectivity index (χ3v) is 4.39. The SMILES string of the molecule is O=C(NC[C@@H]1CCCO1)/C(=C/c1ccccc1Cl)c1ccccc1. The Morgan fingerprint density at radius 1 is 1.17 bits per heavy atom. The lowest BCUT2D eigenvalue weighted by atomic mass is 10.0. The Kier molecular flexibility index (Phi) is 5.68. The van der Waals surface area contributed by atoms with Gasteiger partial charge in [-0.3, -0.25) is 4.79 Å². The van der Waals surface area contributed by atoms with Gasteiger partial charge in [-0.05, 0) is 36.1 Å². The van der Waals surface area contributed by atoms with E-state index in [4.69, 9.17) is 16.3 Å². The van der Waals surface area contributed by atoms with Crippen molar-refractivity contribution < 1.29 is 9.53 Å². The Balaban J connectivity index is 1.84. The van der Waals surface area contributed by atoms with Crippen LogP contribution in [-0.4, -0.2) is 25.2 Å². The summed E-state index contributed by atoms with van der Waals surface area (Å²) in [6, 6.07) is 17.1. The zero-order valence-electron chi connectivity index (χ0n) is 13.4. The van der Waals surface area contributed by atoms with Gasteiger partial charge in [-0.25, -0.2) is 0 Å². The quantitative estimate of drug-likeness (QED) is 0.654. The molecular weight excluding hydrogens is 322 g/mol. The molecule has 0 saturated carbocycles. The fourth-order valence-electron chi connectivity index (χ4n) is 2.75. The molecule has 3 nitrogen and oxygen atoms in total. The lowest BCUT2D eigenvalue weighted by Crippen LogP contribution is -2.32. The number of ether oxygens (including phenoxy) is 1. The molecule has 0 aromatic heterocycles. The molecule has 0 bridgehead atoms. The standard InChI is InChI=1S/C20H20ClNO2/c21-19-11-5-4-9-16(19)13-18(15-7-2-1-3-8-15)20(23)22-14-17-10-6-12-24-17/h1-5,7-9,11,13,17H,6,10,12,14H2,(H,22,23)/b18-13+/t17-/m0/s1. The summed E-state index contributed by atoms with van der Waals surface area (Å²) in [6.07, 6.45) is 4.01. The summed E-state index contributed by atoms with van der Waals surface area (Å²) >= 11 is 6.24. The highest BCUT2D eigenvalue weighted by atomic mass is 35.5. The molecule has 124 valence electrons. The first-order valence-corrected chi connectivity index (χ1v) is 8.53. The first kappa shape index (κ1) is 16.7. The van der Waals surface area contributed by atoms with Crippen LogP contribution >= 0.6 is 11.6 Å². The first-order chi connectivity index (χ1) is 11.7. The van der Waals surface area contributed by atoms with E-state index in [9.17, 15) is 4.79 Å². The second-order valence-corrected chi connectivity index (χ2v) is 6.20. The molecule has 0 spiro atoms. The molecule has 2 aromatic carbocycles. The van der Waals surface area contributed by atoms with Gasteiger partial charge in [0.2, 0.25) is 0 Å². The lowest BCUT2D eigenvalue weighted by Gasteiger charge is -2.13. The van der Waals surface area contributed by atoms with Crippen molar-refractivity contribution in [2.45, 2.75) is 18.9 Å². The molecule has 0 unspecified atom stereocenters. The van der Waals surface area contributed by atoms with Crippen molar-refractivity contribution in [3.63, 3.8) is 0 Å². The van der Waals surface area contributed by atoms with Crippen LogP contribution in [0, 0.1) is 0 Å². The number of hydrogen-bond acceptors (Lipinski definition) is 2. The maximum Gasteiger partial charge on any atom is 0.252 e. The lowest BCUT2D eigenvalue weighted by molar-refractivity contribution is -0.116. The number of hydrogen-bond donors (Lipinski definition) is 1.